The Bertz CT molecular complexity index is 415. The second-order valence-electron chi connectivity index (χ2n) is 5.45. The molecule has 3 heterocycles. The van der Waals surface area contributed by atoms with Crippen molar-refractivity contribution < 1.29 is 4.74 Å². The molecule has 3 rings (SSSR count). The van der Waals surface area contributed by atoms with Gasteiger partial charge in [-0.05, 0) is 56.7 Å². The fourth-order valence-electron chi connectivity index (χ4n) is 3.21. The minimum atomic E-state index is 0. The molecule has 0 spiro atoms. The summed E-state index contributed by atoms with van der Waals surface area (Å²) in [5.74, 6) is 0.722. The van der Waals surface area contributed by atoms with Gasteiger partial charge in [0.25, 0.3) is 0 Å². The third-order valence-electron chi connectivity index (χ3n) is 4.21. The standard InChI is InChI=1S/C14H20Br2N2OS.2ClH/c15-11-9-12(20-14(11)16)13(10-1-7-19-8-2-10)18-5-3-17-4-6-18;;/h9-10,13,17H,1-8H2;2*1H/t13-;;/m0../s1. The first-order valence-corrected chi connectivity index (χ1v) is 9.63. The molecule has 2 saturated heterocycles. The van der Waals surface area contributed by atoms with Crippen molar-refractivity contribution in [2.75, 3.05) is 39.4 Å². The third kappa shape index (κ3) is 5.06. The number of hydrogen-bond acceptors (Lipinski definition) is 4. The monoisotopic (exact) mass is 494 g/mol. The van der Waals surface area contributed by atoms with Gasteiger partial charge in [-0.25, -0.2) is 0 Å². The molecule has 2 aliphatic rings. The molecular weight excluding hydrogens is 475 g/mol. The molecule has 0 amide bonds. The van der Waals surface area contributed by atoms with Crippen LogP contribution >= 0.6 is 68.0 Å². The van der Waals surface area contributed by atoms with Gasteiger partial charge in [0.2, 0.25) is 0 Å². The Morgan fingerprint density at radius 1 is 1.18 bits per heavy atom. The van der Waals surface area contributed by atoms with Gasteiger partial charge in [0.05, 0.1) is 3.79 Å². The van der Waals surface area contributed by atoms with E-state index in [1.165, 1.54) is 26.0 Å². The average molecular weight is 497 g/mol. The fourth-order valence-corrected chi connectivity index (χ4v) is 5.53. The number of nitrogens with zero attached hydrogens (tertiary/aromatic N) is 1. The molecule has 1 N–H and O–H groups in total. The van der Waals surface area contributed by atoms with E-state index in [1.54, 1.807) is 0 Å². The van der Waals surface area contributed by atoms with Gasteiger partial charge < -0.3 is 10.1 Å². The lowest BCUT2D eigenvalue weighted by atomic mass is 9.89. The normalized spacial score (nSPS) is 21.7. The Morgan fingerprint density at radius 2 is 1.82 bits per heavy atom. The summed E-state index contributed by atoms with van der Waals surface area (Å²) >= 11 is 9.17. The summed E-state index contributed by atoms with van der Waals surface area (Å²) in [4.78, 5) is 4.15. The molecule has 0 bridgehead atoms. The second kappa shape index (κ2) is 10.2. The van der Waals surface area contributed by atoms with E-state index in [4.69, 9.17) is 4.74 Å². The summed E-state index contributed by atoms with van der Waals surface area (Å²) in [6.45, 7) is 6.34. The van der Waals surface area contributed by atoms with Crippen LogP contribution in [-0.4, -0.2) is 44.3 Å². The Hall–Kier alpha value is 1.12. The molecule has 0 saturated carbocycles. The molecule has 22 heavy (non-hydrogen) atoms. The molecule has 2 fully saturated rings. The lowest BCUT2D eigenvalue weighted by molar-refractivity contribution is 0.0223. The van der Waals surface area contributed by atoms with Gasteiger partial charge in [-0.1, -0.05) is 0 Å². The Balaban J connectivity index is 0.00000121. The number of hydrogen-bond donors (Lipinski definition) is 1. The van der Waals surface area contributed by atoms with Gasteiger partial charge in [-0.2, -0.15) is 0 Å². The zero-order chi connectivity index (χ0) is 13.9. The number of piperazine rings is 1. The van der Waals surface area contributed by atoms with E-state index in [0.717, 1.165) is 45.3 Å². The average Bonchev–Trinajstić information content (AvgIpc) is 2.81. The highest BCUT2D eigenvalue weighted by Crippen LogP contribution is 2.42. The summed E-state index contributed by atoms with van der Waals surface area (Å²) in [5.41, 5.74) is 0. The molecule has 1 aromatic rings. The third-order valence-corrected chi connectivity index (χ3v) is 7.54. The van der Waals surface area contributed by atoms with Gasteiger partial charge in [-0.3, -0.25) is 4.90 Å². The highest BCUT2D eigenvalue weighted by atomic mass is 79.9. The maximum atomic E-state index is 5.56. The van der Waals surface area contributed by atoms with Crippen LogP contribution in [0.15, 0.2) is 14.3 Å². The first kappa shape index (κ1) is 21.2. The Labute approximate surface area is 165 Å². The summed E-state index contributed by atoms with van der Waals surface area (Å²) in [6, 6.07) is 2.85. The van der Waals surface area contributed by atoms with Crippen LogP contribution in [0, 0.1) is 5.92 Å². The summed E-state index contributed by atoms with van der Waals surface area (Å²) in [7, 11) is 0. The highest BCUT2D eigenvalue weighted by Gasteiger charge is 2.32. The van der Waals surface area contributed by atoms with Crippen LogP contribution in [0.4, 0.5) is 0 Å². The van der Waals surface area contributed by atoms with E-state index >= 15 is 0 Å². The number of halogens is 4. The lowest BCUT2D eigenvalue weighted by Crippen LogP contribution is -2.47. The molecule has 0 unspecified atom stereocenters. The summed E-state index contributed by atoms with van der Waals surface area (Å²) < 4.78 is 7.95. The maximum Gasteiger partial charge on any atom is 0.0843 e. The van der Waals surface area contributed by atoms with E-state index in [-0.39, 0.29) is 24.8 Å². The molecule has 2 aliphatic heterocycles. The largest absolute Gasteiger partial charge is 0.381 e. The molecule has 3 nitrogen and oxygen atoms in total. The van der Waals surface area contributed by atoms with Crippen molar-refractivity contribution in [2.45, 2.75) is 18.9 Å². The molecule has 128 valence electrons. The smallest absolute Gasteiger partial charge is 0.0843 e. The molecule has 1 atom stereocenters. The van der Waals surface area contributed by atoms with Crippen LogP contribution in [0.1, 0.15) is 23.8 Å². The van der Waals surface area contributed by atoms with Crippen molar-refractivity contribution >= 4 is 68.0 Å². The van der Waals surface area contributed by atoms with Crippen molar-refractivity contribution in [3.63, 3.8) is 0 Å². The van der Waals surface area contributed by atoms with Gasteiger partial charge >= 0.3 is 0 Å². The van der Waals surface area contributed by atoms with Crippen molar-refractivity contribution in [1.29, 1.82) is 0 Å². The molecular formula is C14H22Br2Cl2N2OS. The Morgan fingerprint density at radius 3 is 2.36 bits per heavy atom. The summed E-state index contributed by atoms with van der Waals surface area (Å²) in [6.07, 6.45) is 2.36. The van der Waals surface area contributed by atoms with E-state index < -0.39 is 0 Å². The zero-order valence-electron chi connectivity index (χ0n) is 12.2. The molecule has 0 aromatic carbocycles. The zero-order valence-corrected chi connectivity index (χ0v) is 17.8. The quantitative estimate of drug-likeness (QED) is 0.667. The number of ether oxygens (including phenoxy) is 1. The Kier molecular flexibility index (Phi) is 9.80. The molecule has 1 aromatic heterocycles. The SMILES string of the molecule is Brc1cc([C@H](C2CCOCC2)N2CCNCC2)sc1Br.Cl.Cl. The van der Waals surface area contributed by atoms with Crippen molar-refractivity contribution in [3.05, 3.63) is 19.2 Å². The molecule has 0 aliphatic carbocycles. The van der Waals surface area contributed by atoms with Crippen molar-refractivity contribution in [1.82, 2.24) is 10.2 Å². The van der Waals surface area contributed by atoms with Crippen LogP contribution < -0.4 is 5.32 Å². The van der Waals surface area contributed by atoms with Gasteiger partial charge in [-0.15, -0.1) is 36.2 Å². The van der Waals surface area contributed by atoms with Gasteiger partial charge in [0.15, 0.2) is 0 Å². The number of rotatable bonds is 3. The van der Waals surface area contributed by atoms with Crippen LogP contribution in [0.2, 0.25) is 0 Å². The van der Waals surface area contributed by atoms with Crippen LogP contribution in [-0.2, 0) is 4.74 Å². The first-order valence-electron chi connectivity index (χ1n) is 7.23. The second-order valence-corrected chi connectivity index (χ2v) is 8.71. The topological polar surface area (TPSA) is 24.5 Å². The van der Waals surface area contributed by atoms with E-state index in [1.807, 2.05) is 11.3 Å². The van der Waals surface area contributed by atoms with Gasteiger partial charge in [0, 0.05) is 54.8 Å². The van der Waals surface area contributed by atoms with E-state index in [0.29, 0.717) is 6.04 Å². The first-order chi connectivity index (χ1) is 9.75. The van der Waals surface area contributed by atoms with Crippen molar-refractivity contribution in [2.24, 2.45) is 5.92 Å². The lowest BCUT2D eigenvalue weighted by Gasteiger charge is -2.40. The fraction of sp³-hybridized carbons (Fsp3) is 0.714. The number of nitrogens with one attached hydrogen (secondary N) is 1. The minimum absolute atomic E-state index is 0. The van der Waals surface area contributed by atoms with E-state index in [9.17, 15) is 0 Å². The predicted molar refractivity (Wildman–Crippen MR) is 105 cm³/mol. The molecule has 0 radical (unpaired) electrons. The minimum Gasteiger partial charge on any atom is -0.381 e. The van der Waals surface area contributed by atoms with Crippen LogP contribution in [0.25, 0.3) is 0 Å². The van der Waals surface area contributed by atoms with Crippen molar-refractivity contribution in [3.8, 4) is 0 Å². The molecule has 8 heteroatoms. The van der Waals surface area contributed by atoms with Crippen LogP contribution in [0.3, 0.4) is 0 Å². The van der Waals surface area contributed by atoms with E-state index in [2.05, 4.69) is 48.1 Å². The maximum absolute atomic E-state index is 5.56. The van der Waals surface area contributed by atoms with Gasteiger partial charge in [0.1, 0.15) is 0 Å². The predicted octanol–water partition coefficient (Wildman–Crippen LogP) is 4.49. The van der Waals surface area contributed by atoms with Crippen LogP contribution in [0.5, 0.6) is 0 Å². The highest BCUT2D eigenvalue weighted by molar-refractivity contribution is 9.13. The summed E-state index contributed by atoms with van der Waals surface area (Å²) in [5, 5.41) is 3.46. The number of thiophene rings is 1.